The molecular weight excluding hydrogens is 378 g/mol. The first kappa shape index (κ1) is 22.7. The standard InChI is InChI=1S/C21H31N3O3.ClH/c1-3-14(2)19(21(26)23-13-17-9-6-10-27-17)24-20(25)18-11-15-7-4-5-8-16(15)12-22-18;/h4-5,7-8,14,17-19,22H,3,6,9-13H2,1-2H3,(H,23,26)(H,24,25);1H/t14?,17?,18-,19-;/m0./s1. The van der Waals surface area contributed by atoms with Gasteiger partial charge in [0.25, 0.3) is 0 Å². The zero-order valence-corrected chi connectivity index (χ0v) is 17.5. The predicted octanol–water partition coefficient (Wildman–Crippen LogP) is 1.95. The van der Waals surface area contributed by atoms with Crippen molar-refractivity contribution in [2.75, 3.05) is 13.2 Å². The number of carbonyl (C=O) groups is 2. The molecule has 1 saturated heterocycles. The van der Waals surface area contributed by atoms with Crippen molar-refractivity contribution in [3.8, 4) is 0 Å². The zero-order valence-electron chi connectivity index (χ0n) is 16.7. The first-order valence-electron chi connectivity index (χ1n) is 10.1. The van der Waals surface area contributed by atoms with E-state index >= 15 is 0 Å². The number of rotatable bonds is 7. The number of amides is 2. The van der Waals surface area contributed by atoms with Crippen molar-refractivity contribution in [2.24, 2.45) is 5.92 Å². The minimum Gasteiger partial charge on any atom is -0.376 e. The number of halogens is 1. The number of carbonyl (C=O) groups excluding carboxylic acids is 2. The number of fused-ring (bicyclic) bond motifs is 1. The predicted molar refractivity (Wildman–Crippen MR) is 111 cm³/mol. The maximum Gasteiger partial charge on any atom is 0.242 e. The van der Waals surface area contributed by atoms with Gasteiger partial charge in [-0.25, -0.2) is 0 Å². The molecule has 2 aliphatic heterocycles. The van der Waals surface area contributed by atoms with Crippen molar-refractivity contribution in [1.82, 2.24) is 16.0 Å². The summed E-state index contributed by atoms with van der Waals surface area (Å²) in [6, 6.07) is 7.33. The molecule has 0 aromatic heterocycles. The summed E-state index contributed by atoms with van der Waals surface area (Å²) in [6.45, 7) is 5.98. The maximum absolute atomic E-state index is 12.8. The van der Waals surface area contributed by atoms with Gasteiger partial charge < -0.3 is 20.7 Å². The molecule has 0 bridgehead atoms. The summed E-state index contributed by atoms with van der Waals surface area (Å²) in [7, 11) is 0. The third kappa shape index (κ3) is 5.69. The second-order valence-electron chi connectivity index (χ2n) is 7.66. The Labute approximate surface area is 173 Å². The quantitative estimate of drug-likeness (QED) is 0.643. The average Bonchev–Trinajstić information content (AvgIpc) is 3.22. The minimum atomic E-state index is -0.525. The zero-order chi connectivity index (χ0) is 19.2. The van der Waals surface area contributed by atoms with Crippen molar-refractivity contribution >= 4 is 24.2 Å². The third-order valence-electron chi connectivity index (χ3n) is 5.72. The van der Waals surface area contributed by atoms with E-state index in [1.54, 1.807) is 0 Å². The van der Waals surface area contributed by atoms with Gasteiger partial charge in [-0.1, -0.05) is 44.5 Å². The molecule has 3 N–H and O–H groups in total. The fourth-order valence-electron chi connectivity index (χ4n) is 3.73. The monoisotopic (exact) mass is 409 g/mol. The lowest BCUT2D eigenvalue weighted by atomic mass is 9.94. The van der Waals surface area contributed by atoms with E-state index in [2.05, 4.69) is 28.1 Å². The van der Waals surface area contributed by atoms with Crippen LogP contribution in [-0.2, 0) is 27.3 Å². The molecule has 7 heteroatoms. The normalized spacial score (nSPS) is 23.1. The number of nitrogens with one attached hydrogen (secondary N) is 3. The molecule has 28 heavy (non-hydrogen) atoms. The van der Waals surface area contributed by atoms with Gasteiger partial charge in [0.05, 0.1) is 12.1 Å². The Morgan fingerprint density at radius 3 is 2.71 bits per heavy atom. The van der Waals surface area contributed by atoms with Crippen molar-refractivity contribution < 1.29 is 14.3 Å². The largest absolute Gasteiger partial charge is 0.376 e. The molecule has 2 heterocycles. The highest BCUT2D eigenvalue weighted by molar-refractivity contribution is 5.90. The lowest BCUT2D eigenvalue weighted by Gasteiger charge is -2.29. The van der Waals surface area contributed by atoms with Crippen LogP contribution in [0.5, 0.6) is 0 Å². The molecule has 156 valence electrons. The van der Waals surface area contributed by atoms with Gasteiger partial charge in [-0.2, -0.15) is 0 Å². The average molecular weight is 410 g/mol. The molecule has 6 nitrogen and oxygen atoms in total. The number of benzene rings is 1. The van der Waals surface area contributed by atoms with Gasteiger partial charge in [-0.05, 0) is 36.3 Å². The van der Waals surface area contributed by atoms with E-state index in [0.29, 0.717) is 19.5 Å². The molecule has 2 unspecified atom stereocenters. The molecule has 0 spiro atoms. The summed E-state index contributed by atoms with van der Waals surface area (Å²) in [4.78, 5) is 25.5. The first-order chi connectivity index (χ1) is 13.1. The van der Waals surface area contributed by atoms with Crippen LogP contribution in [-0.4, -0.2) is 43.2 Å². The van der Waals surface area contributed by atoms with Crippen LogP contribution in [0.1, 0.15) is 44.2 Å². The van der Waals surface area contributed by atoms with Gasteiger partial charge in [-0.3, -0.25) is 9.59 Å². The Kier molecular flexibility index (Phi) is 8.73. The molecule has 1 fully saturated rings. The Morgan fingerprint density at radius 2 is 2.04 bits per heavy atom. The smallest absolute Gasteiger partial charge is 0.242 e. The molecule has 3 rings (SSSR count). The molecule has 4 atom stereocenters. The lowest BCUT2D eigenvalue weighted by Crippen LogP contribution is -2.56. The Balaban J connectivity index is 0.00000280. The highest BCUT2D eigenvalue weighted by Crippen LogP contribution is 2.17. The van der Waals surface area contributed by atoms with Gasteiger partial charge in [0, 0.05) is 19.7 Å². The summed E-state index contributed by atoms with van der Waals surface area (Å²) in [5, 5.41) is 9.24. The van der Waals surface area contributed by atoms with Crippen molar-refractivity contribution in [1.29, 1.82) is 0 Å². The van der Waals surface area contributed by atoms with Crippen LogP contribution < -0.4 is 16.0 Å². The summed E-state index contributed by atoms with van der Waals surface area (Å²) < 4.78 is 5.57. The summed E-state index contributed by atoms with van der Waals surface area (Å²) in [5.74, 6) is -0.166. The molecule has 1 aromatic carbocycles. The van der Waals surface area contributed by atoms with Crippen molar-refractivity contribution in [3.05, 3.63) is 35.4 Å². The van der Waals surface area contributed by atoms with Crippen molar-refractivity contribution in [3.63, 3.8) is 0 Å². The SMILES string of the molecule is CCC(C)[C@H](NC(=O)[C@@H]1Cc2ccccc2CN1)C(=O)NCC1CCCO1.Cl. The van der Waals surface area contributed by atoms with Crippen LogP contribution in [0.3, 0.4) is 0 Å². The van der Waals surface area contributed by atoms with Crippen LogP contribution in [0.2, 0.25) is 0 Å². The van der Waals surface area contributed by atoms with E-state index in [-0.39, 0.29) is 42.3 Å². The van der Waals surface area contributed by atoms with E-state index in [1.807, 2.05) is 26.0 Å². The topological polar surface area (TPSA) is 79.5 Å². The molecule has 2 amide bonds. The van der Waals surface area contributed by atoms with E-state index < -0.39 is 6.04 Å². The van der Waals surface area contributed by atoms with Gasteiger partial charge in [-0.15, -0.1) is 12.4 Å². The fourth-order valence-corrected chi connectivity index (χ4v) is 3.73. The summed E-state index contributed by atoms with van der Waals surface area (Å²) in [5.41, 5.74) is 2.42. The second-order valence-corrected chi connectivity index (χ2v) is 7.66. The highest BCUT2D eigenvalue weighted by Gasteiger charge is 2.31. The number of ether oxygens (including phenoxy) is 1. The van der Waals surface area contributed by atoms with Crippen LogP contribution in [0.4, 0.5) is 0 Å². The number of hydrogen-bond acceptors (Lipinski definition) is 4. The molecular formula is C21H32ClN3O3. The fraction of sp³-hybridized carbons (Fsp3) is 0.619. The third-order valence-corrected chi connectivity index (χ3v) is 5.72. The lowest BCUT2D eigenvalue weighted by molar-refractivity contribution is -0.131. The number of hydrogen-bond donors (Lipinski definition) is 3. The van der Waals surface area contributed by atoms with E-state index in [4.69, 9.17) is 4.74 Å². The Bertz CT molecular complexity index is 664. The Morgan fingerprint density at radius 1 is 1.29 bits per heavy atom. The molecule has 0 radical (unpaired) electrons. The van der Waals surface area contributed by atoms with Crippen LogP contribution in [0, 0.1) is 5.92 Å². The van der Waals surface area contributed by atoms with E-state index in [1.165, 1.54) is 11.1 Å². The van der Waals surface area contributed by atoms with Crippen LogP contribution >= 0.6 is 12.4 Å². The van der Waals surface area contributed by atoms with Gasteiger partial charge in [0.15, 0.2) is 0 Å². The molecule has 2 aliphatic rings. The van der Waals surface area contributed by atoms with Gasteiger partial charge >= 0.3 is 0 Å². The van der Waals surface area contributed by atoms with Gasteiger partial charge in [0.1, 0.15) is 6.04 Å². The van der Waals surface area contributed by atoms with Crippen LogP contribution in [0.25, 0.3) is 0 Å². The molecule has 0 aliphatic carbocycles. The summed E-state index contributed by atoms with van der Waals surface area (Å²) in [6.07, 6.45) is 3.58. The second kappa shape index (κ2) is 10.8. The van der Waals surface area contributed by atoms with E-state index in [0.717, 1.165) is 25.9 Å². The van der Waals surface area contributed by atoms with Crippen LogP contribution in [0.15, 0.2) is 24.3 Å². The minimum absolute atomic E-state index is 0. The molecule has 1 aromatic rings. The van der Waals surface area contributed by atoms with E-state index in [9.17, 15) is 9.59 Å². The first-order valence-corrected chi connectivity index (χ1v) is 10.1. The Hall–Kier alpha value is -1.63. The molecule has 0 saturated carbocycles. The van der Waals surface area contributed by atoms with Gasteiger partial charge in [0.2, 0.25) is 11.8 Å². The summed E-state index contributed by atoms with van der Waals surface area (Å²) >= 11 is 0. The van der Waals surface area contributed by atoms with Crippen molar-refractivity contribution in [2.45, 2.75) is 64.3 Å². The highest BCUT2D eigenvalue weighted by atomic mass is 35.5. The maximum atomic E-state index is 12.8.